The van der Waals surface area contributed by atoms with Crippen LogP contribution in [0, 0.1) is 24.5 Å². The molecule has 1 aromatic carbocycles. The summed E-state index contributed by atoms with van der Waals surface area (Å²) in [6.07, 6.45) is 1.58. The smallest absolute Gasteiger partial charge is 0.154 e. The second-order valence-electron chi connectivity index (χ2n) is 5.30. The summed E-state index contributed by atoms with van der Waals surface area (Å²) in [7, 11) is 0. The van der Waals surface area contributed by atoms with Crippen molar-refractivity contribution >= 4 is 0 Å². The highest BCUT2D eigenvalue weighted by Crippen LogP contribution is 2.20. The number of aromatic nitrogens is 2. The van der Waals surface area contributed by atoms with Crippen molar-refractivity contribution in [1.29, 1.82) is 0 Å². The zero-order chi connectivity index (χ0) is 14.7. The molecule has 2 aromatic rings. The van der Waals surface area contributed by atoms with Gasteiger partial charge in [0.05, 0.1) is 5.69 Å². The maximum atomic E-state index is 14.0. The van der Waals surface area contributed by atoms with E-state index in [9.17, 15) is 8.78 Å². The predicted octanol–water partition coefficient (Wildman–Crippen LogP) is 3.20. The first-order chi connectivity index (χ1) is 9.49. The lowest BCUT2D eigenvalue weighted by Gasteiger charge is -2.07. The highest BCUT2D eigenvalue weighted by molar-refractivity contribution is 5.38. The molecule has 0 bridgehead atoms. The number of benzene rings is 1. The van der Waals surface area contributed by atoms with Crippen LogP contribution in [0.2, 0.25) is 0 Å². The minimum absolute atomic E-state index is 0.125. The van der Waals surface area contributed by atoms with Gasteiger partial charge in [-0.05, 0) is 37.1 Å². The Labute approximate surface area is 117 Å². The molecule has 0 saturated heterocycles. The Morgan fingerprint density at radius 1 is 1.25 bits per heavy atom. The topological polar surface area (TPSA) is 29.9 Å². The normalized spacial score (nSPS) is 11.3. The Kier molecular flexibility index (Phi) is 4.49. The van der Waals surface area contributed by atoms with Crippen LogP contribution in [-0.4, -0.2) is 16.3 Å². The largest absolute Gasteiger partial charge is 0.311 e. The number of nitrogens with one attached hydrogen (secondary N) is 1. The van der Waals surface area contributed by atoms with Gasteiger partial charge in [-0.25, -0.2) is 13.5 Å². The summed E-state index contributed by atoms with van der Waals surface area (Å²) in [5.41, 5.74) is 1.03. The number of nitrogens with zero attached hydrogens (tertiary/aromatic N) is 2. The molecule has 0 aliphatic rings. The average molecular weight is 279 g/mol. The molecule has 5 heteroatoms. The van der Waals surface area contributed by atoms with Crippen molar-refractivity contribution in [2.75, 3.05) is 6.54 Å². The van der Waals surface area contributed by atoms with Crippen LogP contribution in [0.1, 0.15) is 25.1 Å². The van der Waals surface area contributed by atoms with Crippen molar-refractivity contribution in [3.8, 4) is 5.69 Å². The summed E-state index contributed by atoms with van der Waals surface area (Å²) in [5, 5.41) is 7.46. The van der Waals surface area contributed by atoms with E-state index < -0.39 is 11.6 Å². The van der Waals surface area contributed by atoms with Gasteiger partial charge in [0.1, 0.15) is 5.69 Å². The number of aryl methyl sites for hydroxylation is 1. The molecule has 0 radical (unpaired) electrons. The van der Waals surface area contributed by atoms with E-state index >= 15 is 0 Å². The molecular formula is C15H19F2N3. The molecule has 20 heavy (non-hydrogen) atoms. The van der Waals surface area contributed by atoms with E-state index in [4.69, 9.17) is 0 Å². The van der Waals surface area contributed by atoms with E-state index in [0.29, 0.717) is 18.0 Å². The van der Waals surface area contributed by atoms with Crippen molar-refractivity contribution in [3.05, 3.63) is 47.3 Å². The molecular weight excluding hydrogens is 260 g/mol. The third-order valence-corrected chi connectivity index (χ3v) is 2.99. The first-order valence-electron chi connectivity index (χ1n) is 6.69. The SMILES string of the molecule is Cc1ccc(F)c(-n2ccc(CNCC(C)C)n2)c1F. The second kappa shape index (κ2) is 6.13. The summed E-state index contributed by atoms with van der Waals surface area (Å²) in [6.45, 7) is 7.29. The van der Waals surface area contributed by atoms with Crippen molar-refractivity contribution in [3.63, 3.8) is 0 Å². The third-order valence-electron chi connectivity index (χ3n) is 2.99. The molecule has 2 rings (SSSR count). The number of hydrogen-bond donors (Lipinski definition) is 1. The third kappa shape index (κ3) is 3.22. The van der Waals surface area contributed by atoms with Gasteiger partial charge in [-0.1, -0.05) is 19.9 Å². The Hall–Kier alpha value is -1.75. The van der Waals surface area contributed by atoms with E-state index in [1.165, 1.54) is 16.8 Å². The zero-order valence-corrected chi connectivity index (χ0v) is 12.0. The van der Waals surface area contributed by atoms with E-state index in [1.807, 2.05) is 0 Å². The zero-order valence-electron chi connectivity index (χ0n) is 12.0. The van der Waals surface area contributed by atoms with Crippen LogP contribution < -0.4 is 5.32 Å². The monoisotopic (exact) mass is 279 g/mol. The summed E-state index contributed by atoms with van der Waals surface area (Å²) in [6, 6.07) is 4.43. The molecule has 0 amide bonds. The summed E-state index contributed by atoms with van der Waals surface area (Å²) in [4.78, 5) is 0. The van der Waals surface area contributed by atoms with E-state index in [0.717, 1.165) is 12.2 Å². The molecule has 0 fully saturated rings. The highest BCUT2D eigenvalue weighted by atomic mass is 19.1. The van der Waals surface area contributed by atoms with Gasteiger partial charge in [0.15, 0.2) is 11.6 Å². The second-order valence-corrected chi connectivity index (χ2v) is 5.30. The Bertz CT molecular complexity index is 591. The lowest BCUT2D eigenvalue weighted by Crippen LogP contribution is -2.19. The number of rotatable bonds is 5. The quantitative estimate of drug-likeness (QED) is 0.911. The molecule has 0 atom stereocenters. The summed E-state index contributed by atoms with van der Waals surface area (Å²) in [5.74, 6) is -0.642. The van der Waals surface area contributed by atoms with Crippen LogP contribution in [0.25, 0.3) is 5.69 Å². The Morgan fingerprint density at radius 2 is 2.00 bits per heavy atom. The molecule has 0 aliphatic carbocycles. The van der Waals surface area contributed by atoms with Crippen LogP contribution in [0.4, 0.5) is 8.78 Å². The van der Waals surface area contributed by atoms with Crippen LogP contribution in [0.15, 0.2) is 24.4 Å². The first kappa shape index (κ1) is 14.7. The van der Waals surface area contributed by atoms with Gasteiger partial charge in [0.25, 0.3) is 0 Å². The number of hydrogen-bond acceptors (Lipinski definition) is 2. The van der Waals surface area contributed by atoms with Gasteiger partial charge in [0, 0.05) is 12.7 Å². The van der Waals surface area contributed by atoms with Crippen molar-refractivity contribution in [2.45, 2.75) is 27.3 Å². The predicted molar refractivity (Wildman–Crippen MR) is 74.8 cm³/mol. The van der Waals surface area contributed by atoms with Crippen LogP contribution in [0.3, 0.4) is 0 Å². The molecule has 3 nitrogen and oxygen atoms in total. The average Bonchev–Trinajstić information content (AvgIpc) is 2.83. The lowest BCUT2D eigenvalue weighted by atomic mass is 10.2. The van der Waals surface area contributed by atoms with Gasteiger partial charge in [-0.3, -0.25) is 0 Å². The van der Waals surface area contributed by atoms with E-state index in [2.05, 4.69) is 24.3 Å². The lowest BCUT2D eigenvalue weighted by molar-refractivity contribution is 0.539. The number of halogens is 2. The van der Waals surface area contributed by atoms with Crippen LogP contribution in [-0.2, 0) is 6.54 Å². The van der Waals surface area contributed by atoms with Gasteiger partial charge in [-0.2, -0.15) is 5.10 Å². The van der Waals surface area contributed by atoms with E-state index in [-0.39, 0.29) is 5.69 Å². The molecule has 1 N–H and O–H groups in total. The minimum atomic E-state index is -0.613. The van der Waals surface area contributed by atoms with Crippen molar-refractivity contribution < 1.29 is 8.78 Å². The minimum Gasteiger partial charge on any atom is -0.311 e. The molecule has 1 aromatic heterocycles. The van der Waals surface area contributed by atoms with Gasteiger partial charge < -0.3 is 5.32 Å². The molecule has 0 unspecified atom stereocenters. The van der Waals surface area contributed by atoms with Crippen molar-refractivity contribution in [1.82, 2.24) is 15.1 Å². The van der Waals surface area contributed by atoms with Crippen LogP contribution in [0.5, 0.6) is 0 Å². The summed E-state index contributed by atoms with van der Waals surface area (Å²) >= 11 is 0. The van der Waals surface area contributed by atoms with Crippen molar-refractivity contribution in [2.24, 2.45) is 5.92 Å². The molecule has 108 valence electrons. The standard InChI is InChI=1S/C15H19F2N3/c1-10(2)8-18-9-12-6-7-20(19-12)15-13(16)5-4-11(3)14(15)17/h4-7,10,18H,8-9H2,1-3H3. The fourth-order valence-electron chi connectivity index (χ4n) is 1.92. The Balaban J connectivity index is 2.19. The van der Waals surface area contributed by atoms with Gasteiger partial charge in [0.2, 0.25) is 0 Å². The highest BCUT2D eigenvalue weighted by Gasteiger charge is 2.14. The summed E-state index contributed by atoms with van der Waals surface area (Å²) < 4.78 is 29.0. The molecule has 0 saturated carbocycles. The maximum Gasteiger partial charge on any atom is 0.154 e. The van der Waals surface area contributed by atoms with Gasteiger partial charge >= 0.3 is 0 Å². The Morgan fingerprint density at radius 3 is 2.70 bits per heavy atom. The first-order valence-corrected chi connectivity index (χ1v) is 6.69. The fraction of sp³-hybridized carbons (Fsp3) is 0.400. The molecule has 0 spiro atoms. The van der Waals surface area contributed by atoms with Crippen LogP contribution >= 0.6 is 0 Å². The van der Waals surface area contributed by atoms with E-state index in [1.54, 1.807) is 19.2 Å². The maximum absolute atomic E-state index is 14.0. The fourth-order valence-corrected chi connectivity index (χ4v) is 1.92. The molecule has 1 heterocycles. The van der Waals surface area contributed by atoms with Gasteiger partial charge in [-0.15, -0.1) is 0 Å². The molecule has 0 aliphatic heterocycles.